The van der Waals surface area contributed by atoms with Crippen LogP contribution in [0.4, 0.5) is 0 Å². The maximum Gasteiger partial charge on any atom is 0.191 e. The summed E-state index contributed by atoms with van der Waals surface area (Å²) in [4.78, 5) is 6.89. The van der Waals surface area contributed by atoms with Crippen molar-refractivity contribution >= 4 is 29.9 Å². The number of likely N-dealkylation sites (tertiary alicyclic amines) is 1. The number of hydrogen-bond acceptors (Lipinski definition) is 4. The zero-order valence-corrected chi connectivity index (χ0v) is 19.6. The van der Waals surface area contributed by atoms with Gasteiger partial charge in [-0.25, -0.2) is 0 Å². The lowest BCUT2D eigenvalue weighted by Crippen LogP contribution is -2.47. The molecule has 0 aliphatic carbocycles. The number of nitrogens with zero attached hydrogens (tertiary/aromatic N) is 2. The van der Waals surface area contributed by atoms with Crippen LogP contribution < -0.4 is 20.1 Å². The third-order valence-corrected chi connectivity index (χ3v) is 5.14. The number of rotatable bonds is 7. The second-order valence-corrected chi connectivity index (χ2v) is 7.06. The molecule has 7 heteroatoms. The molecule has 0 radical (unpaired) electrons. The molecule has 0 aromatic heterocycles. The number of methoxy groups -OCH3 is 2. The van der Waals surface area contributed by atoms with E-state index in [9.17, 15) is 0 Å². The van der Waals surface area contributed by atoms with Crippen LogP contribution in [0.5, 0.6) is 11.5 Å². The van der Waals surface area contributed by atoms with E-state index in [4.69, 9.17) is 9.47 Å². The first-order valence-corrected chi connectivity index (χ1v) is 9.46. The molecule has 0 bridgehead atoms. The van der Waals surface area contributed by atoms with Crippen LogP contribution in [-0.4, -0.2) is 57.8 Å². The van der Waals surface area contributed by atoms with Gasteiger partial charge < -0.3 is 20.1 Å². The molecule has 2 N–H and O–H groups in total. The number of hydrogen-bond donors (Lipinski definition) is 2. The third kappa shape index (κ3) is 7.37. The van der Waals surface area contributed by atoms with Gasteiger partial charge in [0, 0.05) is 26.2 Å². The maximum absolute atomic E-state index is 5.36. The van der Waals surface area contributed by atoms with Gasteiger partial charge in [-0.2, -0.15) is 0 Å². The molecule has 1 aliphatic rings. The number of aliphatic imine (C=N–C) groups is 1. The first-order chi connectivity index (χ1) is 12.6. The predicted octanol–water partition coefficient (Wildman–Crippen LogP) is 3.11. The van der Waals surface area contributed by atoms with Gasteiger partial charge in [-0.15, -0.1) is 24.0 Å². The molecule has 1 aliphatic heterocycles. The molecular weight excluding hydrogens is 455 g/mol. The monoisotopic (exact) mass is 490 g/mol. The molecule has 1 fully saturated rings. The largest absolute Gasteiger partial charge is 0.493 e. The fraction of sp³-hybridized carbons (Fsp3) is 0.650. The Kier molecular flexibility index (Phi) is 10.8. The van der Waals surface area contributed by atoms with Crippen molar-refractivity contribution in [2.45, 2.75) is 39.3 Å². The summed E-state index contributed by atoms with van der Waals surface area (Å²) in [6, 6.07) is 6.43. The molecule has 6 nitrogen and oxygen atoms in total. The minimum atomic E-state index is 0. The van der Waals surface area contributed by atoms with Crippen LogP contribution in [0.1, 0.15) is 32.3 Å². The van der Waals surface area contributed by atoms with Crippen molar-refractivity contribution in [3.8, 4) is 11.5 Å². The normalized spacial score (nSPS) is 17.0. The fourth-order valence-electron chi connectivity index (χ4n) is 3.24. The van der Waals surface area contributed by atoms with Gasteiger partial charge in [-0.3, -0.25) is 9.89 Å². The lowest BCUT2D eigenvalue weighted by molar-refractivity contribution is 0.147. The molecule has 1 saturated heterocycles. The second kappa shape index (κ2) is 12.3. The van der Waals surface area contributed by atoms with E-state index in [1.807, 2.05) is 18.2 Å². The van der Waals surface area contributed by atoms with Gasteiger partial charge in [0.15, 0.2) is 17.5 Å². The molecule has 2 rings (SSSR count). The van der Waals surface area contributed by atoms with E-state index in [1.54, 1.807) is 21.3 Å². The van der Waals surface area contributed by atoms with Crippen molar-refractivity contribution in [2.75, 3.05) is 40.9 Å². The van der Waals surface area contributed by atoms with Crippen LogP contribution in [0.2, 0.25) is 0 Å². The summed E-state index contributed by atoms with van der Waals surface area (Å²) < 4.78 is 10.6. The van der Waals surface area contributed by atoms with Crippen LogP contribution >= 0.6 is 24.0 Å². The van der Waals surface area contributed by atoms with Gasteiger partial charge in [0.1, 0.15) is 0 Å². The molecule has 1 atom stereocenters. The van der Waals surface area contributed by atoms with E-state index in [1.165, 1.54) is 25.9 Å². The van der Waals surface area contributed by atoms with E-state index in [0.29, 0.717) is 12.6 Å². The Labute approximate surface area is 181 Å². The van der Waals surface area contributed by atoms with Crippen molar-refractivity contribution in [1.29, 1.82) is 0 Å². The van der Waals surface area contributed by atoms with E-state index in [-0.39, 0.29) is 24.0 Å². The Hall–Kier alpha value is -1.22. The van der Waals surface area contributed by atoms with Gasteiger partial charge in [-0.1, -0.05) is 13.0 Å². The molecule has 154 valence electrons. The Bertz CT molecular complexity index is 589. The summed E-state index contributed by atoms with van der Waals surface area (Å²) in [5.74, 6) is 3.16. The molecule has 1 unspecified atom stereocenters. The van der Waals surface area contributed by atoms with Gasteiger partial charge >= 0.3 is 0 Å². The number of benzene rings is 1. The average Bonchev–Trinajstić information content (AvgIpc) is 2.68. The maximum atomic E-state index is 5.36. The van der Waals surface area contributed by atoms with Crippen molar-refractivity contribution in [2.24, 2.45) is 10.9 Å². The SMILES string of the molecule is CN=C(NCc1ccc(OC)c(OC)c1)NCC(C)N1CCC(C)CC1.I. The topological polar surface area (TPSA) is 58.1 Å². The van der Waals surface area contributed by atoms with Gasteiger partial charge in [0.05, 0.1) is 14.2 Å². The van der Waals surface area contributed by atoms with E-state index in [2.05, 4.69) is 34.4 Å². The summed E-state index contributed by atoms with van der Waals surface area (Å²) in [6.45, 7) is 8.59. The molecule has 1 heterocycles. The molecule has 1 aromatic rings. The van der Waals surface area contributed by atoms with Gasteiger partial charge in [-0.05, 0) is 56.5 Å². The zero-order chi connectivity index (χ0) is 18.9. The fourth-order valence-corrected chi connectivity index (χ4v) is 3.24. The number of ether oxygens (including phenoxy) is 2. The smallest absolute Gasteiger partial charge is 0.191 e. The van der Waals surface area contributed by atoms with Crippen LogP contribution in [-0.2, 0) is 6.54 Å². The Morgan fingerprint density at radius 3 is 2.44 bits per heavy atom. The highest BCUT2D eigenvalue weighted by Crippen LogP contribution is 2.27. The average molecular weight is 490 g/mol. The Morgan fingerprint density at radius 2 is 1.85 bits per heavy atom. The highest BCUT2D eigenvalue weighted by atomic mass is 127. The molecule has 27 heavy (non-hydrogen) atoms. The molecule has 0 spiro atoms. The summed E-state index contributed by atoms with van der Waals surface area (Å²) >= 11 is 0. The summed E-state index contributed by atoms with van der Waals surface area (Å²) in [7, 11) is 5.10. The molecule has 0 saturated carbocycles. The third-order valence-electron chi connectivity index (χ3n) is 5.14. The summed E-state index contributed by atoms with van der Waals surface area (Å²) in [5, 5.41) is 6.80. The van der Waals surface area contributed by atoms with Gasteiger partial charge in [0.25, 0.3) is 0 Å². The minimum Gasteiger partial charge on any atom is -0.493 e. The first-order valence-electron chi connectivity index (χ1n) is 9.46. The Balaban J connectivity index is 0.00000364. The van der Waals surface area contributed by atoms with E-state index >= 15 is 0 Å². The molecular formula is C20H35IN4O2. The lowest BCUT2D eigenvalue weighted by Gasteiger charge is -2.35. The highest BCUT2D eigenvalue weighted by molar-refractivity contribution is 14.0. The van der Waals surface area contributed by atoms with Crippen LogP contribution in [0, 0.1) is 5.92 Å². The van der Waals surface area contributed by atoms with E-state index < -0.39 is 0 Å². The number of halogens is 1. The minimum absolute atomic E-state index is 0. The van der Waals surface area contributed by atoms with Crippen molar-refractivity contribution in [1.82, 2.24) is 15.5 Å². The van der Waals surface area contributed by atoms with Crippen LogP contribution in [0.15, 0.2) is 23.2 Å². The van der Waals surface area contributed by atoms with E-state index in [0.717, 1.165) is 35.5 Å². The number of nitrogens with one attached hydrogen (secondary N) is 2. The van der Waals surface area contributed by atoms with Crippen molar-refractivity contribution < 1.29 is 9.47 Å². The lowest BCUT2D eigenvalue weighted by atomic mass is 9.98. The molecule has 0 amide bonds. The number of guanidine groups is 1. The summed E-state index contributed by atoms with van der Waals surface area (Å²) in [6.07, 6.45) is 2.60. The standard InChI is InChI=1S/C20H34N4O2.HI/c1-15-8-10-24(11-9-15)16(2)13-22-20(21-3)23-14-17-6-7-18(25-4)19(12-17)26-5;/h6-7,12,15-16H,8-11,13-14H2,1-5H3,(H2,21,22,23);1H. The van der Waals surface area contributed by atoms with Crippen LogP contribution in [0.25, 0.3) is 0 Å². The zero-order valence-electron chi connectivity index (χ0n) is 17.2. The van der Waals surface area contributed by atoms with Crippen molar-refractivity contribution in [3.63, 3.8) is 0 Å². The number of piperidine rings is 1. The van der Waals surface area contributed by atoms with Crippen LogP contribution in [0.3, 0.4) is 0 Å². The van der Waals surface area contributed by atoms with Gasteiger partial charge in [0.2, 0.25) is 0 Å². The quantitative estimate of drug-likeness (QED) is 0.350. The van der Waals surface area contributed by atoms with Crippen molar-refractivity contribution in [3.05, 3.63) is 23.8 Å². The summed E-state index contributed by atoms with van der Waals surface area (Å²) in [5.41, 5.74) is 1.11. The Morgan fingerprint density at radius 1 is 1.19 bits per heavy atom. The predicted molar refractivity (Wildman–Crippen MR) is 123 cm³/mol. The highest BCUT2D eigenvalue weighted by Gasteiger charge is 2.20. The molecule has 1 aromatic carbocycles. The first kappa shape index (κ1) is 23.8. The second-order valence-electron chi connectivity index (χ2n) is 7.06.